The van der Waals surface area contributed by atoms with Gasteiger partial charge >= 0.3 is 0 Å². The summed E-state index contributed by atoms with van der Waals surface area (Å²) in [7, 11) is 2.01. The van der Waals surface area contributed by atoms with Gasteiger partial charge in [-0.3, -0.25) is 4.98 Å². The smallest absolute Gasteiger partial charge is 0.0468 e. The fourth-order valence-corrected chi connectivity index (χ4v) is 2.80. The quantitative estimate of drug-likeness (QED) is 0.895. The van der Waals surface area contributed by atoms with Crippen LogP contribution in [0.4, 0.5) is 0 Å². The molecule has 0 bridgehead atoms. The van der Waals surface area contributed by atoms with Crippen molar-refractivity contribution in [1.82, 2.24) is 10.3 Å². The number of nitrogens with one attached hydrogen (secondary N) is 1. The average Bonchev–Trinajstić information content (AvgIpc) is 2.75. The van der Waals surface area contributed by atoms with Gasteiger partial charge in [0.15, 0.2) is 0 Å². The van der Waals surface area contributed by atoms with Gasteiger partial charge in [0.25, 0.3) is 0 Å². The molecule has 0 aromatic carbocycles. The van der Waals surface area contributed by atoms with Gasteiger partial charge in [0, 0.05) is 34.1 Å². The van der Waals surface area contributed by atoms with E-state index < -0.39 is 0 Å². The van der Waals surface area contributed by atoms with Gasteiger partial charge in [-0.1, -0.05) is 6.07 Å². The summed E-state index contributed by atoms with van der Waals surface area (Å²) in [6.07, 6.45) is 2.87. The predicted molar refractivity (Wildman–Crippen MR) is 73.5 cm³/mol. The molecule has 1 N–H and O–H groups in total. The van der Waals surface area contributed by atoms with E-state index in [4.69, 9.17) is 0 Å². The van der Waals surface area contributed by atoms with Crippen LogP contribution in [0.3, 0.4) is 0 Å². The Balaban J connectivity index is 2.12. The summed E-state index contributed by atoms with van der Waals surface area (Å²) >= 11 is 1.85. The Morgan fingerprint density at radius 3 is 2.59 bits per heavy atom. The molecule has 1 atom stereocenters. The number of aromatic nitrogens is 1. The number of thiophene rings is 1. The first kappa shape index (κ1) is 12.3. The van der Waals surface area contributed by atoms with Crippen molar-refractivity contribution in [2.45, 2.75) is 26.3 Å². The Bertz CT molecular complexity index is 473. The average molecular weight is 246 g/mol. The van der Waals surface area contributed by atoms with Crippen LogP contribution in [0.2, 0.25) is 0 Å². The van der Waals surface area contributed by atoms with Crippen LogP contribution in [-0.4, -0.2) is 12.0 Å². The zero-order chi connectivity index (χ0) is 12.3. The summed E-state index contributed by atoms with van der Waals surface area (Å²) in [6, 6.07) is 8.97. The SMILES string of the molecule is CNC(Cc1ccc(C)cn1)c1ccc(C)s1. The minimum Gasteiger partial charge on any atom is -0.312 e. The molecule has 2 rings (SSSR count). The number of pyridine rings is 1. The van der Waals surface area contributed by atoms with Crippen molar-refractivity contribution in [3.8, 4) is 0 Å². The lowest BCUT2D eigenvalue weighted by Gasteiger charge is -2.14. The molecule has 0 aliphatic rings. The predicted octanol–water partition coefficient (Wildman–Crippen LogP) is 3.26. The Kier molecular flexibility index (Phi) is 3.92. The van der Waals surface area contributed by atoms with E-state index in [1.54, 1.807) is 0 Å². The number of nitrogens with zero attached hydrogens (tertiary/aromatic N) is 1. The molecular formula is C14H18N2S. The van der Waals surface area contributed by atoms with E-state index in [1.807, 2.05) is 24.6 Å². The van der Waals surface area contributed by atoms with Gasteiger partial charge in [0.1, 0.15) is 0 Å². The van der Waals surface area contributed by atoms with E-state index in [0.717, 1.165) is 12.1 Å². The minimum atomic E-state index is 0.365. The first-order chi connectivity index (χ1) is 8.19. The molecule has 17 heavy (non-hydrogen) atoms. The van der Waals surface area contributed by atoms with Crippen LogP contribution in [0.15, 0.2) is 30.5 Å². The summed E-state index contributed by atoms with van der Waals surface area (Å²) in [4.78, 5) is 7.20. The largest absolute Gasteiger partial charge is 0.312 e. The molecule has 0 aliphatic carbocycles. The van der Waals surface area contributed by atoms with Crippen LogP contribution in [0.25, 0.3) is 0 Å². The van der Waals surface area contributed by atoms with Crippen molar-refractivity contribution in [3.05, 3.63) is 51.5 Å². The van der Waals surface area contributed by atoms with Gasteiger partial charge in [0.2, 0.25) is 0 Å². The van der Waals surface area contributed by atoms with Crippen LogP contribution >= 0.6 is 11.3 Å². The third kappa shape index (κ3) is 3.14. The fraction of sp³-hybridized carbons (Fsp3) is 0.357. The molecule has 0 spiro atoms. The van der Waals surface area contributed by atoms with Crippen LogP contribution in [0.5, 0.6) is 0 Å². The van der Waals surface area contributed by atoms with Crippen molar-refractivity contribution in [1.29, 1.82) is 0 Å². The van der Waals surface area contributed by atoms with Gasteiger partial charge in [0.05, 0.1) is 0 Å². The van der Waals surface area contributed by atoms with E-state index in [2.05, 4.69) is 48.4 Å². The second-order valence-corrected chi connectivity index (χ2v) is 5.64. The van der Waals surface area contributed by atoms with Crippen LogP contribution < -0.4 is 5.32 Å². The standard InChI is InChI=1S/C14H18N2S/c1-10-4-6-12(16-9-10)8-13(15-3)14-7-5-11(2)17-14/h4-7,9,13,15H,8H2,1-3H3. The normalized spacial score (nSPS) is 12.6. The van der Waals surface area contributed by atoms with Crippen LogP contribution in [-0.2, 0) is 6.42 Å². The van der Waals surface area contributed by atoms with Crippen molar-refractivity contribution in [3.63, 3.8) is 0 Å². The Morgan fingerprint density at radius 1 is 1.24 bits per heavy atom. The molecule has 0 aliphatic heterocycles. The lowest BCUT2D eigenvalue weighted by atomic mass is 10.1. The van der Waals surface area contributed by atoms with Gasteiger partial charge in [-0.15, -0.1) is 11.3 Å². The third-order valence-electron chi connectivity index (χ3n) is 2.84. The van der Waals surface area contributed by atoms with Crippen molar-refractivity contribution in [2.75, 3.05) is 7.05 Å². The molecule has 3 heteroatoms. The highest BCUT2D eigenvalue weighted by atomic mass is 32.1. The van der Waals surface area contributed by atoms with E-state index in [1.165, 1.54) is 15.3 Å². The molecule has 0 saturated heterocycles. The van der Waals surface area contributed by atoms with E-state index >= 15 is 0 Å². The minimum absolute atomic E-state index is 0.365. The maximum atomic E-state index is 4.46. The Hall–Kier alpha value is -1.19. The highest BCUT2D eigenvalue weighted by Crippen LogP contribution is 2.24. The number of hydrogen-bond acceptors (Lipinski definition) is 3. The van der Waals surface area contributed by atoms with Crippen molar-refractivity contribution < 1.29 is 0 Å². The first-order valence-electron chi connectivity index (χ1n) is 5.84. The van der Waals surface area contributed by atoms with Crippen LogP contribution in [0.1, 0.15) is 27.1 Å². The number of aryl methyl sites for hydroxylation is 2. The fourth-order valence-electron chi connectivity index (χ4n) is 1.81. The zero-order valence-corrected chi connectivity index (χ0v) is 11.3. The van der Waals surface area contributed by atoms with Gasteiger partial charge in [-0.05, 0) is 44.7 Å². The Labute approximate surface area is 107 Å². The highest BCUT2D eigenvalue weighted by Gasteiger charge is 2.12. The van der Waals surface area contributed by atoms with E-state index in [-0.39, 0.29) is 0 Å². The molecule has 2 heterocycles. The van der Waals surface area contributed by atoms with Crippen molar-refractivity contribution in [2.24, 2.45) is 0 Å². The van der Waals surface area contributed by atoms with Gasteiger partial charge in [-0.25, -0.2) is 0 Å². The second kappa shape index (κ2) is 5.43. The molecule has 0 radical (unpaired) electrons. The number of hydrogen-bond donors (Lipinski definition) is 1. The summed E-state index contributed by atoms with van der Waals surface area (Å²) in [5.74, 6) is 0. The Morgan fingerprint density at radius 2 is 2.06 bits per heavy atom. The molecular weight excluding hydrogens is 228 g/mol. The lowest BCUT2D eigenvalue weighted by molar-refractivity contribution is 0.594. The lowest BCUT2D eigenvalue weighted by Crippen LogP contribution is -2.18. The molecule has 2 aromatic rings. The zero-order valence-electron chi connectivity index (χ0n) is 10.5. The van der Waals surface area contributed by atoms with Crippen molar-refractivity contribution >= 4 is 11.3 Å². The summed E-state index contributed by atoms with van der Waals surface area (Å²) in [5.41, 5.74) is 2.35. The molecule has 2 aromatic heterocycles. The molecule has 0 amide bonds. The van der Waals surface area contributed by atoms with Gasteiger partial charge in [-0.2, -0.15) is 0 Å². The third-order valence-corrected chi connectivity index (χ3v) is 3.95. The summed E-state index contributed by atoms with van der Waals surface area (Å²) in [6.45, 7) is 4.21. The van der Waals surface area contributed by atoms with E-state index in [9.17, 15) is 0 Å². The molecule has 1 unspecified atom stereocenters. The maximum Gasteiger partial charge on any atom is 0.0468 e. The molecule has 0 saturated carbocycles. The maximum absolute atomic E-state index is 4.46. The highest BCUT2D eigenvalue weighted by molar-refractivity contribution is 7.12. The summed E-state index contributed by atoms with van der Waals surface area (Å²) < 4.78 is 0. The molecule has 0 fully saturated rings. The topological polar surface area (TPSA) is 24.9 Å². The van der Waals surface area contributed by atoms with E-state index in [0.29, 0.717) is 6.04 Å². The number of rotatable bonds is 4. The van der Waals surface area contributed by atoms with Crippen LogP contribution in [0, 0.1) is 13.8 Å². The molecule has 90 valence electrons. The molecule has 2 nitrogen and oxygen atoms in total. The first-order valence-corrected chi connectivity index (χ1v) is 6.66. The number of likely N-dealkylation sites (N-methyl/N-ethyl adjacent to an activating group) is 1. The second-order valence-electron chi connectivity index (χ2n) is 4.32. The van der Waals surface area contributed by atoms with Gasteiger partial charge < -0.3 is 5.32 Å². The summed E-state index contributed by atoms with van der Waals surface area (Å²) in [5, 5.41) is 3.37. The monoisotopic (exact) mass is 246 g/mol.